The van der Waals surface area contributed by atoms with Crippen molar-refractivity contribution in [1.29, 1.82) is 0 Å². The summed E-state index contributed by atoms with van der Waals surface area (Å²) in [5.74, 6) is 1.70. The maximum Gasteiger partial charge on any atom is 0.119 e. The Morgan fingerprint density at radius 1 is 1.05 bits per heavy atom. The number of rotatable bonds is 7. The molecule has 2 atom stereocenters. The molecule has 0 amide bonds. The van der Waals surface area contributed by atoms with Crippen molar-refractivity contribution in [1.82, 2.24) is 5.32 Å². The summed E-state index contributed by atoms with van der Waals surface area (Å²) in [6.45, 7) is 7.79. The predicted molar refractivity (Wildman–Crippen MR) is 90.9 cm³/mol. The van der Waals surface area contributed by atoms with Crippen LogP contribution in [0.1, 0.15) is 39.2 Å². The van der Waals surface area contributed by atoms with Gasteiger partial charge in [-0.05, 0) is 53.8 Å². The molecule has 0 aliphatic rings. The molecular weight excluding hydrogens is 258 g/mol. The molecule has 0 heterocycles. The fourth-order valence-electron chi connectivity index (χ4n) is 2.66. The van der Waals surface area contributed by atoms with Gasteiger partial charge in [0.05, 0.1) is 7.11 Å². The van der Waals surface area contributed by atoms with E-state index in [2.05, 4.69) is 56.4 Å². The van der Waals surface area contributed by atoms with E-state index in [0.717, 1.165) is 18.2 Å². The lowest BCUT2D eigenvalue weighted by Gasteiger charge is -2.17. The molecule has 0 radical (unpaired) electrons. The Morgan fingerprint density at radius 2 is 1.76 bits per heavy atom. The lowest BCUT2D eigenvalue weighted by Crippen LogP contribution is -2.27. The third-order valence-electron chi connectivity index (χ3n) is 4.22. The van der Waals surface area contributed by atoms with Crippen LogP contribution in [-0.2, 0) is 6.54 Å². The third-order valence-corrected chi connectivity index (χ3v) is 4.22. The van der Waals surface area contributed by atoms with Crippen molar-refractivity contribution >= 4 is 10.8 Å². The molecule has 2 rings (SSSR count). The molecule has 0 fully saturated rings. The molecule has 0 aliphatic heterocycles. The van der Waals surface area contributed by atoms with E-state index in [9.17, 15) is 0 Å². The number of hydrogen-bond donors (Lipinski definition) is 1. The minimum absolute atomic E-state index is 0.562. The van der Waals surface area contributed by atoms with Crippen LogP contribution in [0.2, 0.25) is 0 Å². The van der Waals surface area contributed by atoms with E-state index >= 15 is 0 Å². The third kappa shape index (κ3) is 4.47. The standard InChI is InChI=1S/C19H27NO/c1-5-14(2)10-15(3)20-13-16-6-7-18-12-19(21-4)9-8-17(18)11-16/h6-9,11-12,14-15,20H,5,10,13H2,1-4H3. The SMILES string of the molecule is CCC(C)CC(C)NCc1ccc2cc(OC)ccc2c1. The molecule has 21 heavy (non-hydrogen) atoms. The molecule has 2 nitrogen and oxygen atoms in total. The Bertz CT molecular complexity index is 579. The summed E-state index contributed by atoms with van der Waals surface area (Å²) in [6.07, 6.45) is 2.49. The number of methoxy groups -OCH3 is 1. The Balaban J connectivity index is 1.99. The first-order valence-electron chi connectivity index (χ1n) is 7.92. The van der Waals surface area contributed by atoms with E-state index in [1.807, 2.05) is 6.07 Å². The van der Waals surface area contributed by atoms with E-state index in [1.165, 1.54) is 29.2 Å². The highest BCUT2D eigenvalue weighted by atomic mass is 16.5. The van der Waals surface area contributed by atoms with Gasteiger partial charge in [-0.15, -0.1) is 0 Å². The van der Waals surface area contributed by atoms with Crippen LogP contribution in [0.15, 0.2) is 36.4 Å². The van der Waals surface area contributed by atoms with Gasteiger partial charge >= 0.3 is 0 Å². The molecule has 2 aromatic carbocycles. The molecule has 114 valence electrons. The van der Waals surface area contributed by atoms with Gasteiger partial charge in [-0.1, -0.05) is 38.5 Å². The summed E-state index contributed by atoms with van der Waals surface area (Å²) in [5, 5.41) is 6.12. The lowest BCUT2D eigenvalue weighted by molar-refractivity contribution is 0.412. The Kier molecular flexibility index (Phi) is 5.63. The molecule has 2 heteroatoms. The van der Waals surface area contributed by atoms with Crippen molar-refractivity contribution in [3.8, 4) is 5.75 Å². The highest BCUT2D eigenvalue weighted by molar-refractivity contribution is 5.84. The van der Waals surface area contributed by atoms with Gasteiger partial charge in [0.1, 0.15) is 5.75 Å². The molecule has 0 aromatic heterocycles. The van der Waals surface area contributed by atoms with Gasteiger partial charge in [-0.25, -0.2) is 0 Å². The van der Waals surface area contributed by atoms with Gasteiger partial charge in [0.15, 0.2) is 0 Å². The fraction of sp³-hybridized carbons (Fsp3) is 0.474. The lowest BCUT2D eigenvalue weighted by atomic mass is 10.00. The topological polar surface area (TPSA) is 21.3 Å². The maximum absolute atomic E-state index is 5.27. The Labute approximate surface area is 128 Å². The zero-order valence-corrected chi connectivity index (χ0v) is 13.6. The first kappa shape index (κ1) is 15.8. The Hall–Kier alpha value is -1.54. The predicted octanol–water partition coefficient (Wildman–Crippen LogP) is 4.76. The van der Waals surface area contributed by atoms with Crippen LogP contribution in [-0.4, -0.2) is 13.2 Å². The van der Waals surface area contributed by atoms with Crippen LogP contribution in [0.4, 0.5) is 0 Å². The van der Waals surface area contributed by atoms with Gasteiger partial charge in [-0.2, -0.15) is 0 Å². The Morgan fingerprint density at radius 3 is 2.48 bits per heavy atom. The van der Waals surface area contributed by atoms with Crippen LogP contribution in [0, 0.1) is 5.92 Å². The summed E-state index contributed by atoms with van der Waals surface area (Å²) in [5.41, 5.74) is 1.34. The average molecular weight is 285 g/mol. The van der Waals surface area contributed by atoms with Gasteiger partial charge < -0.3 is 10.1 Å². The van der Waals surface area contributed by atoms with Crippen LogP contribution in [0.5, 0.6) is 5.75 Å². The zero-order chi connectivity index (χ0) is 15.2. The molecule has 0 aliphatic carbocycles. The van der Waals surface area contributed by atoms with E-state index in [4.69, 9.17) is 4.74 Å². The second kappa shape index (κ2) is 7.46. The van der Waals surface area contributed by atoms with Crippen molar-refractivity contribution in [2.75, 3.05) is 7.11 Å². The smallest absolute Gasteiger partial charge is 0.119 e. The van der Waals surface area contributed by atoms with Crippen molar-refractivity contribution in [2.45, 2.75) is 46.2 Å². The number of ether oxygens (including phenoxy) is 1. The number of benzene rings is 2. The first-order valence-corrected chi connectivity index (χ1v) is 7.92. The van der Waals surface area contributed by atoms with Crippen LogP contribution >= 0.6 is 0 Å². The van der Waals surface area contributed by atoms with E-state index < -0.39 is 0 Å². The molecular formula is C19H27NO. The van der Waals surface area contributed by atoms with Gasteiger partial charge in [0.25, 0.3) is 0 Å². The molecule has 0 bridgehead atoms. The van der Waals surface area contributed by atoms with Crippen LogP contribution in [0.3, 0.4) is 0 Å². The number of hydrogen-bond acceptors (Lipinski definition) is 2. The highest BCUT2D eigenvalue weighted by Crippen LogP contribution is 2.22. The second-order valence-electron chi connectivity index (χ2n) is 6.08. The molecule has 0 saturated heterocycles. The summed E-state index contributed by atoms with van der Waals surface area (Å²) in [6, 6.07) is 13.4. The van der Waals surface area contributed by atoms with E-state index in [0.29, 0.717) is 6.04 Å². The maximum atomic E-state index is 5.27. The number of nitrogens with one attached hydrogen (secondary N) is 1. The quantitative estimate of drug-likeness (QED) is 0.791. The summed E-state index contributed by atoms with van der Waals surface area (Å²) >= 11 is 0. The largest absolute Gasteiger partial charge is 0.497 e. The monoisotopic (exact) mass is 285 g/mol. The van der Waals surface area contributed by atoms with Crippen molar-refractivity contribution in [3.63, 3.8) is 0 Å². The van der Waals surface area contributed by atoms with Crippen LogP contribution < -0.4 is 10.1 Å². The average Bonchev–Trinajstić information content (AvgIpc) is 2.52. The highest BCUT2D eigenvalue weighted by Gasteiger charge is 2.07. The first-order chi connectivity index (χ1) is 10.1. The van der Waals surface area contributed by atoms with Crippen molar-refractivity contribution < 1.29 is 4.74 Å². The minimum atomic E-state index is 0.562. The summed E-state index contributed by atoms with van der Waals surface area (Å²) in [4.78, 5) is 0. The zero-order valence-electron chi connectivity index (χ0n) is 13.6. The summed E-state index contributed by atoms with van der Waals surface area (Å²) < 4.78 is 5.27. The van der Waals surface area contributed by atoms with Crippen molar-refractivity contribution in [2.24, 2.45) is 5.92 Å². The van der Waals surface area contributed by atoms with Gasteiger partial charge in [0.2, 0.25) is 0 Å². The molecule has 2 unspecified atom stereocenters. The van der Waals surface area contributed by atoms with Crippen LogP contribution in [0.25, 0.3) is 10.8 Å². The summed E-state index contributed by atoms with van der Waals surface area (Å²) in [7, 11) is 1.71. The van der Waals surface area contributed by atoms with E-state index in [1.54, 1.807) is 7.11 Å². The minimum Gasteiger partial charge on any atom is -0.497 e. The molecule has 2 aromatic rings. The normalized spacial score (nSPS) is 14.1. The van der Waals surface area contributed by atoms with Crippen molar-refractivity contribution in [3.05, 3.63) is 42.0 Å². The molecule has 0 saturated carbocycles. The number of fused-ring (bicyclic) bond motifs is 1. The molecule has 0 spiro atoms. The fourth-order valence-corrected chi connectivity index (χ4v) is 2.66. The van der Waals surface area contributed by atoms with Gasteiger partial charge in [-0.3, -0.25) is 0 Å². The van der Waals surface area contributed by atoms with Gasteiger partial charge in [0, 0.05) is 12.6 Å². The van der Waals surface area contributed by atoms with E-state index in [-0.39, 0.29) is 0 Å². The second-order valence-corrected chi connectivity index (χ2v) is 6.08. The molecule has 1 N–H and O–H groups in total.